The predicted octanol–water partition coefficient (Wildman–Crippen LogP) is 3.41. The number of hydrogen-bond acceptors (Lipinski definition) is 4. The molecule has 102 valence electrons. The second-order valence-electron chi connectivity index (χ2n) is 4.96. The summed E-state index contributed by atoms with van der Waals surface area (Å²) < 4.78 is 0. The molecule has 1 aliphatic rings. The van der Waals surface area contributed by atoms with Gasteiger partial charge in [-0.1, -0.05) is 12.1 Å². The van der Waals surface area contributed by atoms with Crippen LogP contribution in [-0.2, 0) is 12.8 Å². The third-order valence-corrected chi connectivity index (χ3v) is 3.63. The highest BCUT2D eigenvalue weighted by Crippen LogP contribution is 2.34. The van der Waals surface area contributed by atoms with Gasteiger partial charge in [0, 0.05) is 5.69 Å². The summed E-state index contributed by atoms with van der Waals surface area (Å²) in [5.74, 6) is 0. The first-order valence-electron chi connectivity index (χ1n) is 6.57. The zero-order valence-electron chi connectivity index (χ0n) is 10.9. The Morgan fingerprint density at radius 2 is 1.95 bits per heavy atom. The molecule has 0 fully saturated rings. The van der Waals surface area contributed by atoms with Gasteiger partial charge in [-0.05, 0) is 54.7 Å². The highest BCUT2D eigenvalue weighted by atomic mass is 16.6. The van der Waals surface area contributed by atoms with Crippen molar-refractivity contribution in [3.8, 4) is 0 Å². The van der Waals surface area contributed by atoms with Crippen LogP contribution in [0.2, 0.25) is 0 Å². The second-order valence-corrected chi connectivity index (χ2v) is 4.96. The van der Waals surface area contributed by atoms with Crippen molar-refractivity contribution in [2.45, 2.75) is 19.3 Å². The lowest BCUT2D eigenvalue weighted by molar-refractivity contribution is -0.383. The maximum Gasteiger partial charge on any atom is 0.315 e. The average Bonchev–Trinajstić information content (AvgIpc) is 2.85. The lowest BCUT2D eigenvalue weighted by Crippen LogP contribution is -2.01. The molecule has 0 unspecified atom stereocenters. The lowest BCUT2D eigenvalue weighted by atomic mass is 10.1. The van der Waals surface area contributed by atoms with Gasteiger partial charge in [0.25, 0.3) is 0 Å². The number of nitro benzene ring substituents is 1. The maximum absolute atomic E-state index is 11.1. The number of nitrogens with one attached hydrogen (secondary N) is 1. The van der Waals surface area contributed by atoms with Crippen LogP contribution in [0, 0.1) is 10.1 Å². The SMILES string of the molecule is Nc1cccc(Nc2ccc3c(c2)CCC3)c1[N+](=O)[O-]. The van der Waals surface area contributed by atoms with Gasteiger partial charge < -0.3 is 11.1 Å². The molecule has 0 aliphatic heterocycles. The van der Waals surface area contributed by atoms with E-state index in [0.29, 0.717) is 5.69 Å². The molecule has 0 saturated carbocycles. The van der Waals surface area contributed by atoms with Crippen LogP contribution in [0.1, 0.15) is 17.5 Å². The van der Waals surface area contributed by atoms with E-state index in [0.717, 1.165) is 18.5 Å². The topological polar surface area (TPSA) is 81.2 Å². The Bertz CT molecular complexity index is 683. The number of anilines is 3. The zero-order chi connectivity index (χ0) is 14.1. The van der Waals surface area contributed by atoms with E-state index in [4.69, 9.17) is 5.73 Å². The number of fused-ring (bicyclic) bond motifs is 1. The fraction of sp³-hybridized carbons (Fsp3) is 0.200. The first kappa shape index (κ1) is 12.5. The van der Waals surface area contributed by atoms with E-state index in [9.17, 15) is 10.1 Å². The van der Waals surface area contributed by atoms with Crippen molar-refractivity contribution in [2.24, 2.45) is 0 Å². The lowest BCUT2D eigenvalue weighted by Gasteiger charge is -2.10. The number of para-hydroxylation sites is 1. The van der Waals surface area contributed by atoms with Gasteiger partial charge in [0.15, 0.2) is 0 Å². The zero-order valence-corrected chi connectivity index (χ0v) is 10.9. The summed E-state index contributed by atoms with van der Waals surface area (Å²) in [6.45, 7) is 0. The fourth-order valence-electron chi connectivity index (χ4n) is 2.67. The summed E-state index contributed by atoms with van der Waals surface area (Å²) in [5.41, 5.74) is 9.75. The summed E-state index contributed by atoms with van der Waals surface area (Å²) in [6.07, 6.45) is 3.37. The molecule has 0 radical (unpaired) electrons. The van der Waals surface area contributed by atoms with E-state index in [-0.39, 0.29) is 11.4 Å². The van der Waals surface area contributed by atoms with Crippen molar-refractivity contribution in [3.63, 3.8) is 0 Å². The number of rotatable bonds is 3. The molecule has 2 aromatic carbocycles. The van der Waals surface area contributed by atoms with Gasteiger partial charge in [-0.25, -0.2) is 0 Å². The van der Waals surface area contributed by atoms with Crippen LogP contribution in [-0.4, -0.2) is 4.92 Å². The first-order chi connectivity index (χ1) is 9.65. The molecule has 1 aliphatic carbocycles. The highest BCUT2D eigenvalue weighted by Gasteiger charge is 2.18. The molecule has 2 aromatic rings. The number of nitro groups is 1. The Morgan fingerprint density at radius 3 is 2.75 bits per heavy atom. The minimum atomic E-state index is -0.453. The van der Waals surface area contributed by atoms with Gasteiger partial charge in [-0.15, -0.1) is 0 Å². The fourth-order valence-corrected chi connectivity index (χ4v) is 2.67. The van der Waals surface area contributed by atoms with E-state index < -0.39 is 4.92 Å². The Kier molecular flexibility index (Phi) is 3.02. The van der Waals surface area contributed by atoms with Crippen LogP contribution in [0.4, 0.5) is 22.7 Å². The molecule has 5 heteroatoms. The normalized spacial score (nSPS) is 13.0. The monoisotopic (exact) mass is 269 g/mol. The Labute approximate surface area is 116 Å². The van der Waals surface area contributed by atoms with Gasteiger partial charge in [0.05, 0.1) is 4.92 Å². The predicted molar refractivity (Wildman–Crippen MR) is 79.3 cm³/mol. The molecule has 0 saturated heterocycles. The molecular weight excluding hydrogens is 254 g/mol. The van der Waals surface area contributed by atoms with E-state index in [1.807, 2.05) is 6.07 Å². The van der Waals surface area contributed by atoms with E-state index in [1.54, 1.807) is 12.1 Å². The number of benzene rings is 2. The molecule has 0 aromatic heterocycles. The summed E-state index contributed by atoms with van der Waals surface area (Å²) in [7, 11) is 0. The summed E-state index contributed by atoms with van der Waals surface area (Å²) in [5, 5.41) is 14.2. The molecule has 0 atom stereocenters. The number of hydrogen-bond donors (Lipinski definition) is 2. The van der Waals surface area contributed by atoms with Gasteiger partial charge in [-0.3, -0.25) is 10.1 Å². The summed E-state index contributed by atoms with van der Waals surface area (Å²) in [6, 6.07) is 11.0. The largest absolute Gasteiger partial charge is 0.393 e. The molecule has 0 amide bonds. The number of nitrogens with two attached hydrogens (primary N) is 1. The molecular formula is C15H15N3O2. The van der Waals surface area contributed by atoms with Crippen LogP contribution in [0.3, 0.4) is 0 Å². The third-order valence-electron chi connectivity index (χ3n) is 3.63. The van der Waals surface area contributed by atoms with Crippen LogP contribution in [0.15, 0.2) is 36.4 Å². The van der Waals surface area contributed by atoms with Crippen molar-refractivity contribution in [1.29, 1.82) is 0 Å². The first-order valence-corrected chi connectivity index (χ1v) is 6.57. The summed E-state index contributed by atoms with van der Waals surface area (Å²) in [4.78, 5) is 10.7. The standard InChI is InChI=1S/C15H15N3O2/c16-13-5-2-6-14(15(13)18(19)20)17-12-8-7-10-3-1-4-11(10)9-12/h2,5-9,17H,1,3-4,16H2. The van der Waals surface area contributed by atoms with Crippen molar-refractivity contribution in [3.05, 3.63) is 57.6 Å². The van der Waals surface area contributed by atoms with Gasteiger partial charge >= 0.3 is 5.69 Å². The van der Waals surface area contributed by atoms with E-state index in [1.165, 1.54) is 23.6 Å². The van der Waals surface area contributed by atoms with Crippen molar-refractivity contribution in [2.75, 3.05) is 11.1 Å². The van der Waals surface area contributed by atoms with E-state index >= 15 is 0 Å². The molecule has 0 heterocycles. The van der Waals surface area contributed by atoms with Crippen LogP contribution < -0.4 is 11.1 Å². The average molecular weight is 269 g/mol. The van der Waals surface area contributed by atoms with Crippen LogP contribution >= 0.6 is 0 Å². The molecule has 20 heavy (non-hydrogen) atoms. The molecule has 0 spiro atoms. The number of nitrogen functional groups attached to an aromatic ring is 1. The van der Waals surface area contributed by atoms with Crippen LogP contribution in [0.25, 0.3) is 0 Å². The highest BCUT2D eigenvalue weighted by molar-refractivity contribution is 5.78. The van der Waals surface area contributed by atoms with Crippen molar-refractivity contribution < 1.29 is 4.92 Å². The maximum atomic E-state index is 11.1. The Balaban J connectivity index is 1.95. The number of nitrogens with zero attached hydrogens (tertiary/aromatic N) is 1. The molecule has 5 nitrogen and oxygen atoms in total. The molecule has 3 rings (SSSR count). The Hall–Kier alpha value is -2.56. The minimum Gasteiger partial charge on any atom is -0.393 e. The van der Waals surface area contributed by atoms with Gasteiger partial charge in [0.1, 0.15) is 11.4 Å². The second kappa shape index (κ2) is 4.85. The Morgan fingerprint density at radius 1 is 1.15 bits per heavy atom. The summed E-state index contributed by atoms with van der Waals surface area (Å²) >= 11 is 0. The van der Waals surface area contributed by atoms with Crippen LogP contribution in [0.5, 0.6) is 0 Å². The minimum absolute atomic E-state index is 0.0759. The van der Waals surface area contributed by atoms with Crippen molar-refractivity contribution >= 4 is 22.7 Å². The quantitative estimate of drug-likeness (QED) is 0.508. The molecule has 3 N–H and O–H groups in total. The number of aryl methyl sites for hydroxylation is 2. The third kappa shape index (κ3) is 2.18. The van der Waals surface area contributed by atoms with E-state index in [2.05, 4.69) is 17.4 Å². The van der Waals surface area contributed by atoms with Gasteiger partial charge in [0.2, 0.25) is 0 Å². The molecule has 0 bridgehead atoms. The van der Waals surface area contributed by atoms with Gasteiger partial charge in [-0.2, -0.15) is 0 Å². The van der Waals surface area contributed by atoms with Crippen molar-refractivity contribution in [1.82, 2.24) is 0 Å². The smallest absolute Gasteiger partial charge is 0.315 e.